The Hall–Kier alpha value is -2.69. The second-order valence-electron chi connectivity index (χ2n) is 8.42. The maximum absolute atomic E-state index is 11.8. The van der Waals surface area contributed by atoms with Crippen LogP contribution in [0.2, 0.25) is 0 Å². The lowest BCUT2D eigenvalue weighted by atomic mass is 10.1. The monoisotopic (exact) mass is 406 g/mol. The van der Waals surface area contributed by atoms with Crippen molar-refractivity contribution >= 4 is 16.7 Å². The summed E-state index contributed by atoms with van der Waals surface area (Å²) in [6.45, 7) is 1.98. The Morgan fingerprint density at radius 2 is 2.00 bits per heavy atom. The number of fused-ring (bicyclic) bond motifs is 1. The van der Waals surface area contributed by atoms with E-state index in [1.54, 1.807) is 13.3 Å². The van der Waals surface area contributed by atoms with E-state index in [2.05, 4.69) is 16.0 Å². The molecule has 1 saturated carbocycles. The van der Waals surface area contributed by atoms with Gasteiger partial charge in [-0.25, -0.2) is 4.98 Å². The van der Waals surface area contributed by atoms with Crippen LogP contribution >= 0.6 is 0 Å². The van der Waals surface area contributed by atoms with Crippen molar-refractivity contribution in [2.24, 2.45) is 5.92 Å². The predicted molar refractivity (Wildman–Crippen MR) is 118 cm³/mol. The third-order valence-corrected chi connectivity index (χ3v) is 5.78. The Morgan fingerprint density at radius 1 is 1.17 bits per heavy atom. The number of pyridine rings is 1. The predicted octanol–water partition coefficient (Wildman–Crippen LogP) is 6.07. The van der Waals surface area contributed by atoms with Gasteiger partial charge in [-0.05, 0) is 50.7 Å². The molecule has 0 saturated heterocycles. The van der Waals surface area contributed by atoms with Gasteiger partial charge in [-0.2, -0.15) is 0 Å². The second-order valence-corrected chi connectivity index (χ2v) is 8.42. The summed E-state index contributed by atoms with van der Waals surface area (Å²) in [7, 11) is 1.66. The van der Waals surface area contributed by atoms with Gasteiger partial charge in [0.1, 0.15) is 11.5 Å². The van der Waals surface area contributed by atoms with Crippen LogP contribution in [0.5, 0.6) is 5.75 Å². The fraction of sp³-hybridized carbons (Fsp3) is 0.480. The van der Waals surface area contributed by atoms with Gasteiger partial charge in [0, 0.05) is 36.4 Å². The van der Waals surface area contributed by atoms with E-state index in [0.29, 0.717) is 11.7 Å². The summed E-state index contributed by atoms with van der Waals surface area (Å²) in [5.74, 6) is 3.36. The van der Waals surface area contributed by atoms with Crippen molar-refractivity contribution in [3.05, 3.63) is 42.0 Å². The number of oxazole rings is 1. The van der Waals surface area contributed by atoms with Gasteiger partial charge < -0.3 is 9.15 Å². The van der Waals surface area contributed by atoms with Crippen LogP contribution in [0.25, 0.3) is 22.2 Å². The Kier molecular flexibility index (Phi) is 6.46. The maximum Gasteiger partial charge on any atom is 0.194 e. The minimum Gasteiger partial charge on any atom is -0.496 e. The summed E-state index contributed by atoms with van der Waals surface area (Å²) < 4.78 is 11.6. The molecule has 2 heterocycles. The molecule has 0 amide bonds. The van der Waals surface area contributed by atoms with Gasteiger partial charge in [0.25, 0.3) is 0 Å². The highest BCUT2D eigenvalue weighted by Crippen LogP contribution is 2.34. The van der Waals surface area contributed by atoms with Crippen LogP contribution in [0.4, 0.5) is 0 Å². The lowest BCUT2D eigenvalue weighted by Crippen LogP contribution is -1.98. The number of nitrogens with zero attached hydrogens (tertiary/aromatic N) is 2. The molecule has 0 spiro atoms. The summed E-state index contributed by atoms with van der Waals surface area (Å²) in [5.41, 5.74) is 2.78. The highest BCUT2D eigenvalue weighted by molar-refractivity contribution is 5.87. The van der Waals surface area contributed by atoms with Crippen LogP contribution < -0.4 is 4.74 Å². The number of benzene rings is 1. The maximum atomic E-state index is 11.8. The SMILES string of the molecule is COc1cc2nc(C)ccc2cc1-c1cnc(CCCCCCC(=O)CC2CC2)o1. The minimum atomic E-state index is 0.449. The molecule has 0 aliphatic heterocycles. The van der Waals surface area contributed by atoms with Gasteiger partial charge in [-0.1, -0.05) is 18.9 Å². The molecule has 0 unspecified atom stereocenters. The molecule has 4 rings (SSSR count). The second kappa shape index (κ2) is 9.41. The molecule has 2 aromatic heterocycles. The fourth-order valence-corrected chi connectivity index (χ4v) is 3.86. The van der Waals surface area contributed by atoms with Crippen molar-refractivity contribution < 1.29 is 13.9 Å². The molecule has 30 heavy (non-hydrogen) atoms. The van der Waals surface area contributed by atoms with E-state index in [0.717, 1.165) is 84.5 Å². The number of methoxy groups -OCH3 is 1. The van der Waals surface area contributed by atoms with E-state index in [1.807, 2.05) is 25.1 Å². The first-order valence-corrected chi connectivity index (χ1v) is 11.0. The number of Topliss-reactive ketones (excluding diaryl/α,β-unsaturated/α-hetero) is 1. The van der Waals surface area contributed by atoms with E-state index in [9.17, 15) is 4.79 Å². The van der Waals surface area contributed by atoms with Crippen LogP contribution in [0, 0.1) is 12.8 Å². The van der Waals surface area contributed by atoms with Crippen LogP contribution in [0.15, 0.2) is 34.9 Å². The van der Waals surface area contributed by atoms with Crippen LogP contribution in [0.1, 0.15) is 63.0 Å². The van der Waals surface area contributed by atoms with E-state index >= 15 is 0 Å². The Labute approximate surface area is 177 Å². The van der Waals surface area contributed by atoms with Gasteiger partial charge in [-0.15, -0.1) is 0 Å². The van der Waals surface area contributed by atoms with Gasteiger partial charge >= 0.3 is 0 Å². The first kappa shape index (κ1) is 20.6. The largest absolute Gasteiger partial charge is 0.496 e. The van der Waals surface area contributed by atoms with Crippen molar-refractivity contribution in [1.82, 2.24) is 9.97 Å². The molecule has 1 fully saturated rings. The summed E-state index contributed by atoms with van der Waals surface area (Å²) >= 11 is 0. The summed E-state index contributed by atoms with van der Waals surface area (Å²) in [5, 5.41) is 1.05. The lowest BCUT2D eigenvalue weighted by Gasteiger charge is -2.08. The Morgan fingerprint density at radius 3 is 2.80 bits per heavy atom. The Bertz CT molecular complexity index is 1020. The number of aromatic nitrogens is 2. The quantitative estimate of drug-likeness (QED) is 0.362. The van der Waals surface area contributed by atoms with Crippen LogP contribution in [-0.4, -0.2) is 22.9 Å². The standard InChI is InChI=1S/C25H30N2O3/c1-17-9-12-19-14-21(23(29-2)15-22(19)27-17)24-16-26-25(30-24)8-6-4-3-5-7-20(28)13-18-10-11-18/h9,12,14-16,18H,3-8,10-11,13H2,1-2H3. The zero-order valence-electron chi connectivity index (χ0n) is 17.9. The average Bonchev–Trinajstić information content (AvgIpc) is 3.43. The fourth-order valence-electron chi connectivity index (χ4n) is 3.86. The molecule has 3 aromatic rings. The summed E-state index contributed by atoms with van der Waals surface area (Å²) in [6.07, 6.45) is 10.9. The summed E-state index contributed by atoms with van der Waals surface area (Å²) in [6, 6.07) is 8.06. The first-order valence-electron chi connectivity index (χ1n) is 11.0. The molecule has 0 N–H and O–H groups in total. The number of rotatable bonds is 11. The molecule has 5 nitrogen and oxygen atoms in total. The van der Waals surface area contributed by atoms with Gasteiger partial charge in [0.2, 0.25) is 0 Å². The number of ketones is 1. The molecule has 1 aromatic carbocycles. The smallest absolute Gasteiger partial charge is 0.194 e. The van der Waals surface area contributed by atoms with Gasteiger partial charge in [0.05, 0.1) is 24.4 Å². The van der Waals surface area contributed by atoms with Gasteiger partial charge in [0.15, 0.2) is 11.7 Å². The van der Waals surface area contributed by atoms with Crippen molar-refractivity contribution in [2.45, 2.75) is 64.7 Å². The van der Waals surface area contributed by atoms with Crippen molar-refractivity contribution in [3.63, 3.8) is 0 Å². The molecule has 0 bridgehead atoms. The molecule has 1 aliphatic rings. The third-order valence-electron chi connectivity index (χ3n) is 5.78. The zero-order chi connectivity index (χ0) is 20.9. The highest BCUT2D eigenvalue weighted by atomic mass is 16.5. The van der Waals surface area contributed by atoms with Crippen LogP contribution in [0.3, 0.4) is 0 Å². The third kappa shape index (κ3) is 5.26. The molecule has 158 valence electrons. The number of hydrogen-bond acceptors (Lipinski definition) is 5. The summed E-state index contributed by atoms with van der Waals surface area (Å²) in [4.78, 5) is 20.8. The van der Waals surface area contributed by atoms with Gasteiger partial charge in [-0.3, -0.25) is 9.78 Å². The topological polar surface area (TPSA) is 65.2 Å². The molecule has 5 heteroatoms. The van der Waals surface area contributed by atoms with E-state index in [4.69, 9.17) is 9.15 Å². The normalized spacial score (nSPS) is 13.7. The molecule has 0 radical (unpaired) electrons. The molecular weight excluding hydrogens is 376 g/mol. The lowest BCUT2D eigenvalue weighted by molar-refractivity contribution is -0.119. The first-order chi connectivity index (χ1) is 14.6. The van der Waals surface area contributed by atoms with E-state index < -0.39 is 0 Å². The van der Waals surface area contributed by atoms with Crippen molar-refractivity contribution in [1.29, 1.82) is 0 Å². The van der Waals surface area contributed by atoms with Crippen molar-refractivity contribution in [3.8, 4) is 17.1 Å². The number of carbonyl (C=O) groups is 1. The number of carbonyl (C=O) groups excluding carboxylic acids is 1. The molecular formula is C25H30N2O3. The number of aryl methyl sites for hydroxylation is 2. The minimum absolute atomic E-state index is 0.449. The molecule has 0 atom stereocenters. The Balaban J connectivity index is 1.30. The number of hydrogen-bond donors (Lipinski definition) is 0. The molecule has 1 aliphatic carbocycles. The number of ether oxygens (including phenoxy) is 1. The number of unbranched alkanes of at least 4 members (excludes halogenated alkanes) is 3. The van der Waals surface area contributed by atoms with Crippen LogP contribution in [-0.2, 0) is 11.2 Å². The zero-order valence-corrected chi connectivity index (χ0v) is 17.9. The van der Waals surface area contributed by atoms with Crippen molar-refractivity contribution in [2.75, 3.05) is 7.11 Å². The highest BCUT2D eigenvalue weighted by Gasteiger charge is 2.23. The van der Waals surface area contributed by atoms with E-state index in [-0.39, 0.29) is 0 Å². The van der Waals surface area contributed by atoms with E-state index in [1.165, 1.54) is 12.8 Å². The average molecular weight is 407 g/mol.